The molecule has 1 aliphatic carbocycles. The summed E-state index contributed by atoms with van der Waals surface area (Å²) in [5.74, 6) is -1.41. The maximum atomic E-state index is 12.6. The number of aliphatic hydroxyl groups excluding tert-OH is 1. The molecule has 0 aliphatic heterocycles. The summed E-state index contributed by atoms with van der Waals surface area (Å²) in [6, 6.07) is 3.26. The Morgan fingerprint density at radius 3 is 2.68 bits per heavy atom. The third-order valence-electron chi connectivity index (χ3n) is 3.40. The van der Waals surface area contributed by atoms with Crippen molar-refractivity contribution >= 4 is 5.97 Å². The summed E-state index contributed by atoms with van der Waals surface area (Å²) in [5.41, 5.74) is -0.0204. The largest absolute Gasteiger partial charge is 0.469 e. The molecule has 2 rings (SSSR count). The Morgan fingerprint density at radius 2 is 2.11 bits per heavy atom. The lowest BCUT2D eigenvalue weighted by Crippen LogP contribution is -2.28. The van der Waals surface area contributed by atoms with Crippen molar-refractivity contribution in [2.45, 2.75) is 25.1 Å². The fourth-order valence-electron chi connectivity index (χ4n) is 2.36. The number of methoxy groups -OCH3 is 1. The summed E-state index contributed by atoms with van der Waals surface area (Å²) in [5, 5.41) is 10.0. The van der Waals surface area contributed by atoms with Gasteiger partial charge in [0.15, 0.2) is 0 Å². The maximum absolute atomic E-state index is 12.6. The van der Waals surface area contributed by atoms with Crippen molar-refractivity contribution < 1.29 is 27.8 Å². The highest BCUT2D eigenvalue weighted by Crippen LogP contribution is 2.38. The molecule has 0 fully saturated rings. The molecule has 2 atom stereocenters. The molecule has 1 aliphatic rings. The molecule has 2 unspecified atom stereocenters. The van der Waals surface area contributed by atoms with E-state index in [1.165, 1.54) is 13.2 Å². The number of aryl methyl sites for hydroxylation is 1. The van der Waals surface area contributed by atoms with Crippen LogP contribution in [0.4, 0.5) is 13.2 Å². The Bertz CT molecular complexity index is 496. The lowest BCUT2D eigenvalue weighted by atomic mass is 9.81. The highest BCUT2D eigenvalue weighted by molar-refractivity contribution is 5.74. The van der Waals surface area contributed by atoms with E-state index in [2.05, 4.69) is 4.74 Å². The molecule has 0 radical (unpaired) electrons. The van der Waals surface area contributed by atoms with Gasteiger partial charge in [0.1, 0.15) is 0 Å². The summed E-state index contributed by atoms with van der Waals surface area (Å²) in [7, 11) is 1.19. The minimum Gasteiger partial charge on any atom is -0.469 e. The Morgan fingerprint density at radius 1 is 1.42 bits per heavy atom. The molecule has 1 aromatic carbocycles. The minimum atomic E-state index is -4.47. The summed E-state index contributed by atoms with van der Waals surface area (Å²) in [6.07, 6.45) is -4.90. The normalized spacial score (nSPS) is 22.8. The first-order valence-corrected chi connectivity index (χ1v) is 5.80. The molecule has 0 saturated heterocycles. The zero-order chi connectivity index (χ0) is 14.2. The standard InChI is InChI=1S/C13H13F3O3/c1-19-12(18)9-5-3-7-2-4-8(13(14,15)16)6-10(7)11(9)17/h2,4,6,9,11,17H,3,5H2,1H3. The Balaban J connectivity index is 2.38. The maximum Gasteiger partial charge on any atom is 0.416 e. The van der Waals surface area contributed by atoms with Gasteiger partial charge in [0, 0.05) is 0 Å². The number of fused-ring (bicyclic) bond motifs is 1. The zero-order valence-electron chi connectivity index (χ0n) is 10.2. The highest BCUT2D eigenvalue weighted by Gasteiger charge is 2.37. The minimum absolute atomic E-state index is 0.163. The van der Waals surface area contributed by atoms with Gasteiger partial charge in [-0.1, -0.05) is 6.07 Å². The molecule has 0 heterocycles. The summed E-state index contributed by atoms with van der Waals surface area (Å²) in [6.45, 7) is 0. The van der Waals surface area contributed by atoms with E-state index in [1.807, 2.05) is 0 Å². The second kappa shape index (κ2) is 4.85. The van der Waals surface area contributed by atoms with Crippen LogP contribution >= 0.6 is 0 Å². The molecule has 0 amide bonds. The average molecular weight is 274 g/mol. The molecule has 6 heteroatoms. The monoisotopic (exact) mass is 274 g/mol. The van der Waals surface area contributed by atoms with Crippen molar-refractivity contribution in [3.63, 3.8) is 0 Å². The number of benzene rings is 1. The predicted molar refractivity (Wildman–Crippen MR) is 60.2 cm³/mol. The van der Waals surface area contributed by atoms with E-state index in [4.69, 9.17) is 0 Å². The third-order valence-corrected chi connectivity index (χ3v) is 3.40. The van der Waals surface area contributed by atoms with E-state index in [0.29, 0.717) is 18.4 Å². The number of aliphatic hydroxyl groups is 1. The number of ether oxygens (including phenoxy) is 1. The summed E-state index contributed by atoms with van der Waals surface area (Å²) in [4.78, 5) is 11.5. The lowest BCUT2D eigenvalue weighted by molar-refractivity contribution is -0.150. The molecule has 0 spiro atoms. The van der Waals surface area contributed by atoms with Gasteiger partial charge in [-0.2, -0.15) is 13.2 Å². The van der Waals surface area contributed by atoms with Gasteiger partial charge in [0.2, 0.25) is 0 Å². The Kier molecular flexibility index (Phi) is 3.54. The highest BCUT2D eigenvalue weighted by atomic mass is 19.4. The number of hydrogen-bond acceptors (Lipinski definition) is 3. The fourth-order valence-corrected chi connectivity index (χ4v) is 2.36. The van der Waals surface area contributed by atoms with Gasteiger partial charge in [0.25, 0.3) is 0 Å². The fraction of sp³-hybridized carbons (Fsp3) is 0.462. The summed E-state index contributed by atoms with van der Waals surface area (Å²) >= 11 is 0. The number of carbonyl (C=O) groups is 1. The SMILES string of the molecule is COC(=O)C1CCc2ccc(C(F)(F)F)cc2C1O. The summed E-state index contributed by atoms with van der Waals surface area (Å²) < 4.78 is 42.5. The second-order valence-corrected chi connectivity index (χ2v) is 4.52. The van der Waals surface area contributed by atoms with Gasteiger partial charge in [-0.05, 0) is 36.1 Å². The molecule has 3 nitrogen and oxygen atoms in total. The van der Waals surface area contributed by atoms with Gasteiger partial charge in [-0.25, -0.2) is 0 Å². The number of carbonyl (C=O) groups excluding carboxylic acids is 1. The molecule has 104 valence electrons. The first-order valence-electron chi connectivity index (χ1n) is 5.80. The first kappa shape index (κ1) is 13.9. The average Bonchev–Trinajstić information content (AvgIpc) is 2.37. The van der Waals surface area contributed by atoms with Crippen LogP contribution in [0.5, 0.6) is 0 Å². The zero-order valence-corrected chi connectivity index (χ0v) is 10.2. The topological polar surface area (TPSA) is 46.5 Å². The van der Waals surface area contributed by atoms with Crippen LogP contribution in [0.2, 0.25) is 0 Å². The molecular formula is C13H13F3O3. The molecule has 1 N–H and O–H groups in total. The van der Waals surface area contributed by atoms with Crippen LogP contribution < -0.4 is 0 Å². The van der Waals surface area contributed by atoms with Crippen molar-refractivity contribution in [3.8, 4) is 0 Å². The van der Waals surface area contributed by atoms with Gasteiger partial charge >= 0.3 is 12.1 Å². The second-order valence-electron chi connectivity index (χ2n) is 4.52. The van der Waals surface area contributed by atoms with Crippen molar-refractivity contribution in [1.82, 2.24) is 0 Å². The van der Waals surface area contributed by atoms with Crippen LogP contribution in [0.1, 0.15) is 29.2 Å². The van der Waals surface area contributed by atoms with E-state index in [1.54, 1.807) is 0 Å². The molecule has 1 aromatic rings. The molecule has 0 aromatic heterocycles. The van der Waals surface area contributed by atoms with Gasteiger partial charge < -0.3 is 9.84 Å². The molecular weight excluding hydrogens is 261 g/mol. The van der Waals surface area contributed by atoms with Gasteiger partial charge in [-0.15, -0.1) is 0 Å². The number of hydrogen-bond donors (Lipinski definition) is 1. The van der Waals surface area contributed by atoms with E-state index < -0.39 is 29.7 Å². The Labute approximate surface area is 108 Å². The van der Waals surface area contributed by atoms with E-state index in [0.717, 1.165) is 12.1 Å². The van der Waals surface area contributed by atoms with Crippen LogP contribution in [-0.2, 0) is 22.1 Å². The molecule has 19 heavy (non-hydrogen) atoms. The number of esters is 1. The molecule has 0 saturated carbocycles. The van der Waals surface area contributed by atoms with Crippen LogP contribution in [0, 0.1) is 5.92 Å². The van der Waals surface area contributed by atoms with Crippen molar-refractivity contribution in [3.05, 3.63) is 34.9 Å². The van der Waals surface area contributed by atoms with Gasteiger partial charge in [-0.3, -0.25) is 4.79 Å². The Hall–Kier alpha value is -1.56. The third kappa shape index (κ3) is 2.58. The smallest absolute Gasteiger partial charge is 0.416 e. The van der Waals surface area contributed by atoms with Crippen LogP contribution in [0.3, 0.4) is 0 Å². The number of halogens is 3. The van der Waals surface area contributed by atoms with E-state index in [9.17, 15) is 23.1 Å². The molecule has 0 bridgehead atoms. The number of alkyl halides is 3. The van der Waals surface area contributed by atoms with Gasteiger partial charge in [0.05, 0.1) is 24.7 Å². The number of rotatable bonds is 1. The van der Waals surface area contributed by atoms with Crippen molar-refractivity contribution in [2.24, 2.45) is 5.92 Å². The van der Waals surface area contributed by atoms with Crippen LogP contribution in [0.25, 0.3) is 0 Å². The van der Waals surface area contributed by atoms with Crippen molar-refractivity contribution in [1.29, 1.82) is 0 Å². The van der Waals surface area contributed by atoms with E-state index >= 15 is 0 Å². The van der Waals surface area contributed by atoms with Crippen molar-refractivity contribution in [2.75, 3.05) is 7.11 Å². The quantitative estimate of drug-likeness (QED) is 0.800. The van der Waals surface area contributed by atoms with Crippen LogP contribution in [-0.4, -0.2) is 18.2 Å². The predicted octanol–water partition coefficient (Wildman–Crippen LogP) is 2.47. The van der Waals surface area contributed by atoms with Crippen LogP contribution in [0.15, 0.2) is 18.2 Å². The van der Waals surface area contributed by atoms with E-state index in [-0.39, 0.29) is 5.56 Å². The first-order chi connectivity index (χ1) is 8.84. The lowest BCUT2D eigenvalue weighted by Gasteiger charge is -2.28.